The first-order valence-electron chi connectivity index (χ1n) is 8.75. The molecule has 2 atom stereocenters. The van der Waals surface area contributed by atoms with Crippen LogP contribution in [0.25, 0.3) is 0 Å². The number of nitrogens with one attached hydrogen (secondary N) is 1. The van der Waals surface area contributed by atoms with E-state index in [1.165, 1.54) is 45.2 Å². The topological polar surface area (TPSA) is 15.3 Å². The van der Waals surface area contributed by atoms with E-state index in [1.54, 1.807) is 0 Å². The van der Waals surface area contributed by atoms with Gasteiger partial charge in [0.25, 0.3) is 0 Å². The van der Waals surface area contributed by atoms with Crippen molar-refractivity contribution in [2.45, 2.75) is 84.8 Å². The third-order valence-corrected chi connectivity index (χ3v) is 5.84. The molecule has 1 aliphatic heterocycles. The Labute approximate surface area is 125 Å². The van der Waals surface area contributed by atoms with Gasteiger partial charge in [0.05, 0.1) is 0 Å². The average molecular weight is 278 g/mol. The predicted octanol–water partition coefficient (Wildman–Crippen LogP) is 3.66. The zero-order valence-corrected chi connectivity index (χ0v) is 14.2. The maximum Gasteiger partial charge on any atom is 0.0224 e. The second-order valence-electron chi connectivity index (χ2n) is 9.47. The fraction of sp³-hybridized carbons (Fsp3) is 1.00. The first kappa shape index (κ1) is 14.8. The average Bonchev–Trinajstić information content (AvgIpc) is 3.09. The van der Waals surface area contributed by atoms with Crippen molar-refractivity contribution in [3.63, 3.8) is 0 Å². The van der Waals surface area contributed by atoms with Crippen LogP contribution in [0.4, 0.5) is 0 Å². The summed E-state index contributed by atoms with van der Waals surface area (Å²) < 4.78 is 0. The molecule has 1 N–H and O–H groups in total. The van der Waals surface area contributed by atoms with Gasteiger partial charge >= 0.3 is 0 Å². The van der Waals surface area contributed by atoms with E-state index in [0.29, 0.717) is 16.9 Å². The molecule has 1 saturated heterocycles. The van der Waals surface area contributed by atoms with Gasteiger partial charge in [-0.1, -0.05) is 27.7 Å². The van der Waals surface area contributed by atoms with Gasteiger partial charge in [-0.15, -0.1) is 0 Å². The fourth-order valence-corrected chi connectivity index (χ4v) is 5.26. The van der Waals surface area contributed by atoms with E-state index >= 15 is 0 Å². The van der Waals surface area contributed by atoms with Crippen LogP contribution in [0.1, 0.15) is 66.7 Å². The fourth-order valence-electron chi connectivity index (χ4n) is 5.26. The molecule has 116 valence electrons. The lowest BCUT2D eigenvalue weighted by Crippen LogP contribution is -2.61. The Kier molecular flexibility index (Phi) is 3.70. The zero-order valence-electron chi connectivity index (χ0n) is 14.2. The maximum absolute atomic E-state index is 3.80. The molecule has 0 aromatic carbocycles. The van der Waals surface area contributed by atoms with Crippen molar-refractivity contribution in [1.82, 2.24) is 10.2 Å². The maximum atomic E-state index is 3.80. The molecular weight excluding hydrogens is 244 g/mol. The first-order chi connectivity index (χ1) is 9.26. The molecule has 2 nitrogen and oxygen atoms in total. The molecule has 3 fully saturated rings. The van der Waals surface area contributed by atoms with Crippen molar-refractivity contribution in [3.05, 3.63) is 0 Å². The molecule has 2 unspecified atom stereocenters. The molecule has 2 aliphatic carbocycles. The summed E-state index contributed by atoms with van der Waals surface area (Å²) in [4.78, 5) is 2.86. The lowest BCUT2D eigenvalue weighted by Gasteiger charge is -2.52. The van der Waals surface area contributed by atoms with E-state index in [2.05, 4.69) is 44.8 Å². The van der Waals surface area contributed by atoms with Gasteiger partial charge in [-0.3, -0.25) is 4.90 Å². The lowest BCUT2D eigenvalue weighted by molar-refractivity contribution is -0.0102. The minimum Gasteiger partial charge on any atom is -0.311 e. The Morgan fingerprint density at radius 3 is 2.15 bits per heavy atom. The molecule has 0 aromatic heterocycles. The third-order valence-electron chi connectivity index (χ3n) is 5.84. The number of rotatable bonds is 2. The molecule has 0 amide bonds. The molecule has 0 bridgehead atoms. The summed E-state index contributed by atoms with van der Waals surface area (Å²) in [6.45, 7) is 14.8. The van der Waals surface area contributed by atoms with Crippen molar-refractivity contribution in [2.75, 3.05) is 13.1 Å². The minimum atomic E-state index is 0.506. The van der Waals surface area contributed by atoms with E-state index in [-0.39, 0.29) is 0 Å². The van der Waals surface area contributed by atoms with E-state index in [1.807, 2.05) is 0 Å². The standard InChI is InChI=1S/C18H34N2/c1-13-10-19-16(14-6-7-14)11-20(13)15-8-17(2,3)12-18(4,5)9-15/h13-16,19H,6-12H2,1-5H3. The summed E-state index contributed by atoms with van der Waals surface area (Å²) in [6, 6.07) is 2.28. The smallest absolute Gasteiger partial charge is 0.0224 e. The predicted molar refractivity (Wildman–Crippen MR) is 85.9 cm³/mol. The molecule has 0 radical (unpaired) electrons. The van der Waals surface area contributed by atoms with Gasteiger partial charge in [0.1, 0.15) is 0 Å². The Balaban J connectivity index is 1.72. The molecule has 2 heteroatoms. The number of hydrogen-bond acceptors (Lipinski definition) is 2. The quantitative estimate of drug-likeness (QED) is 0.829. The van der Waals surface area contributed by atoms with E-state index in [9.17, 15) is 0 Å². The van der Waals surface area contributed by atoms with Crippen LogP contribution in [0, 0.1) is 16.7 Å². The Morgan fingerprint density at radius 1 is 1.00 bits per heavy atom. The number of nitrogens with zero attached hydrogens (tertiary/aromatic N) is 1. The minimum absolute atomic E-state index is 0.506. The van der Waals surface area contributed by atoms with Gasteiger partial charge in [-0.25, -0.2) is 0 Å². The van der Waals surface area contributed by atoms with Crippen molar-refractivity contribution in [2.24, 2.45) is 16.7 Å². The van der Waals surface area contributed by atoms with Gasteiger partial charge in [-0.2, -0.15) is 0 Å². The molecule has 3 rings (SSSR count). The summed E-state index contributed by atoms with van der Waals surface area (Å²) in [6.07, 6.45) is 7.07. The Bertz CT molecular complexity index is 340. The Morgan fingerprint density at radius 2 is 1.60 bits per heavy atom. The Hall–Kier alpha value is -0.0800. The third kappa shape index (κ3) is 3.22. The SMILES string of the molecule is CC1CNC(C2CC2)CN1C1CC(C)(C)CC(C)(C)C1. The molecule has 1 heterocycles. The molecule has 0 spiro atoms. The summed E-state index contributed by atoms with van der Waals surface area (Å²) in [5.74, 6) is 0.981. The summed E-state index contributed by atoms with van der Waals surface area (Å²) >= 11 is 0. The second-order valence-corrected chi connectivity index (χ2v) is 9.47. The first-order valence-corrected chi connectivity index (χ1v) is 8.75. The largest absolute Gasteiger partial charge is 0.311 e. The second kappa shape index (κ2) is 4.98. The van der Waals surface area contributed by atoms with E-state index in [4.69, 9.17) is 0 Å². The highest BCUT2D eigenvalue weighted by Crippen LogP contribution is 2.48. The van der Waals surface area contributed by atoms with Crippen LogP contribution in [-0.2, 0) is 0 Å². The number of hydrogen-bond donors (Lipinski definition) is 1. The van der Waals surface area contributed by atoms with Gasteiger partial charge in [0, 0.05) is 31.2 Å². The van der Waals surface area contributed by atoms with Crippen LogP contribution < -0.4 is 5.32 Å². The molecule has 20 heavy (non-hydrogen) atoms. The van der Waals surface area contributed by atoms with Crippen LogP contribution in [0.2, 0.25) is 0 Å². The highest BCUT2D eigenvalue weighted by molar-refractivity contribution is 4.99. The number of piperazine rings is 1. The molecule has 2 saturated carbocycles. The van der Waals surface area contributed by atoms with E-state index in [0.717, 1.165) is 18.0 Å². The van der Waals surface area contributed by atoms with E-state index < -0.39 is 0 Å². The van der Waals surface area contributed by atoms with Gasteiger partial charge in [0.2, 0.25) is 0 Å². The van der Waals surface area contributed by atoms with Gasteiger partial charge in [-0.05, 0) is 55.8 Å². The molecule has 0 aromatic rings. The monoisotopic (exact) mass is 278 g/mol. The van der Waals surface area contributed by atoms with Gasteiger partial charge < -0.3 is 5.32 Å². The summed E-state index contributed by atoms with van der Waals surface area (Å²) in [5, 5.41) is 3.80. The molecular formula is C18H34N2. The highest BCUT2D eigenvalue weighted by Gasteiger charge is 2.44. The van der Waals surface area contributed by atoms with Crippen molar-refractivity contribution < 1.29 is 0 Å². The summed E-state index contributed by atoms with van der Waals surface area (Å²) in [5.41, 5.74) is 1.01. The van der Waals surface area contributed by atoms with Gasteiger partial charge in [0.15, 0.2) is 0 Å². The van der Waals surface area contributed by atoms with Crippen LogP contribution in [0.15, 0.2) is 0 Å². The van der Waals surface area contributed by atoms with Crippen molar-refractivity contribution >= 4 is 0 Å². The highest BCUT2D eigenvalue weighted by atomic mass is 15.3. The lowest BCUT2D eigenvalue weighted by atomic mass is 9.63. The van der Waals surface area contributed by atoms with Crippen LogP contribution in [0.5, 0.6) is 0 Å². The van der Waals surface area contributed by atoms with Crippen LogP contribution in [-0.4, -0.2) is 36.1 Å². The zero-order chi connectivity index (χ0) is 14.5. The van der Waals surface area contributed by atoms with Crippen molar-refractivity contribution in [3.8, 4) is 0 Å². The normalized spacial score (nSPS) is 38.9. The summed E-state index contributed by atoms with van der Waals surface area (Å²) in [7, 11) is 0. The van der Waals surface area contributed by atoms with Crippen LogP contribution in [0.3, 0.4) is 0 Å². The van der Waals surface area contributed by atoms with Crippen LogP contribution >= 0.6 is 0 Å². The van der Waals surface area contributed by atoms with Crippen molar-refractivity contribution in [1.29, 1.82) is 0 Å². The molecule has 3 aliphatic rings.